The lowest BCUT2D eigenvalue weighted by Gasteiger charge is -2.28. The van der Waals surface area contributed by atoms with Gasteiger partial charge in [-0.2, -0.15) is 5.10 Å². The highest BCUT2D eigenvalue weighted by atomic mass is 32.1. The molecule has 5 rings (SSSR count). The molecule has 0 spiro atoms. The Morgan fingerprint density at radius 2 is 2.14 bits per heavy atom. The normalized spacial score (nSPS) is 14.7. The second kappa shape index (κ2) is 6.84. The van der Waals surface area contributed by atoms with E-state index in [-0.39, 0.29) is 5.91 Å². The van der Waals surface area contributed by atoms with Crippen molar-refractivity contribution >= 4 is 44.2 Å². The summed E-state index contributed by atoms with van der Waals surface area (Å²) in [6.45, 7) is 2.83. The number of carbonyl (C=O) groups excluding carboxylic acids is 1. The van der Waals surface area contributed by atoms with E-state index in [2.05, 4.69) is 20.4 Å². The molecule has 0 unspecified atom stereocenters. The molecule has 0 aliphatic carbocycles. The Morgan fingerprint density at radius 1 is 1.29 bits per heavy atom. The number of hydrogen-bond donors (Lipinski definition) is 2. The molecule has 1 saturated heterocycles. The van der Waals surface area contributed by atoms with Crippen LogP contribution in [0, 0.1) is 0 Å². The van der Waals surface area contributed by atoms with Crippen LogP contribution in [0.2, 0.25) is 0 Å². The third-order valence-electron chi connectivity index (χ3n) is 4.84. The third-order valence-corrected chi connectivity index (χ3v) is 5.96. The molecule has 4 heterocycles. The smallest absolute Gasteiger partial charge is 0.261 e. The van der Waals surface area contributed by atoms with Gasteiger partial charge in [-0.1, -0.05) is 12.1 Å². The fraction of sp³-hybridized carbons (Fsp3) is 0.263. The monoisotopic (exact) mass is 394 g/mol. The van der Waals surface area contributed by atoms with Gasteiger partial charge in [-0.15, -0.1) is 11.3 Å². The molecule has 142 valence electrons. The minimum atomic E-state index is -0.116. The van der Waals surface area contributed by atoms with Crippen LogP contribution in [-0.2, 0) is 4.74 Å². The van der Waals surface area contributed by atoms with Gasteiger partial charge >= 0.3 is 0 Å². The maximum atomic E-state index is 12.2. The van der Waals surface area contributed by atoms with E-state index in [4.69, 9.17) is 14.7 Å². The van der Waals surface area contributed by atoms with E-state index in [9.17, 15) is 4.79 Å². The predicted molar refractivity (Wildman–Crippen MR) is 109 cm³/mol. The summed E-state index contributed by atoms with van der Waals surface area (Å²) >= 11 is 1.42. The van der Waals surface area contributed by atoms with E-state index in [1.807, 2.05) is 24.3 Å². The van der Waals surface area contributed by atoms with Crippen LogP contribution in [-0.4, -0.2) is 59.4 Å². The lowest BCUT2D eigenvalue weighted by Crippen LogP contribution is -2.36. The van der Waals surface area contributed by atoms with Gasteiger partial charge < -0.3 is 15.0 Å². The van der Waals surface area contributed by atoms with Crippen molar-refractivity contribution in [3.63, 3.8) is 0 Å². The number of H-pyrrole nitrogens is 1. The zero-order chi connectivity index (χ0) is 19.1. The summed E-state index contributed by atoms with van der Waals surface area (Å²) in [5.74, 6) is 1.36. The van der Waals surface area contributed by atoms with Crippen LogP contribution in [0.5, 0.6) is 0 Å². The van der Waals surface area contributed by atoms with E-state index < -0.39 is 0 Å². The van der Waals surface area contributed by atoms with Crippen molar-refractivity contribution in [1.29, 1.82) is 0 Å². The average molecular weight is 394 g/mol. The molecule has 3 aromatic heterocycles. The fourth-order valence-electron chi connectivity index (χ4n) is 3.42. The number of thiophene rings is 1. The van der Waals surface area contributed by atoms with E-state index in [1.54, 1.807) is 13.2 Å². The molecule has 4 aromatic rings. The Kier molecular flexibility index (Phi) is 4.18. The fourth-order valence-corrected chi connectivity index (χ4v) is 4.48. The van der Waals surface area contributed by atoms with Crippen molar-refractivity contribution in [2.24, 2.45) is 0 Å². The van der Waals surface area contributed by atoms with Gasteiger partial charge in [0, 0.05) is 31.1 Å². The number of nitrogens with one attached hydrogen (secondary N) is 2. The molecule has 1 aliphatic rings. The molecule has 0 radical (unpaired) electrons. The summed E-state index contributed by atoms with van der Waals surface area (Å²) < 4.78 is 6.42. The summed E-state index contributed by atoms with van der Waals surface area (Å²) in [6, 6.07) is 7.76. The molecule has 0 atom stereocenters. The van der Waals surface area contributed by atoms with Crippen LogP contribution < -0.4 is 10.2 Å². The van der Waals surface area contributed by atoms with Crippen molar-refractivity contribution in [2.75, 3.05) is 38.3 Å². The molecule has 0 saturated carbocycles. The molecular formula is C19H18N6O2S. The quantitative estimate of drug-likeness (QED) is 0.554. The van der Waals surface area contributed by atoms with Gasteiger partial charge in [-0.25, -0.2) is 9.97 Å². The standard InChI is InChI=1S/C19H18N6O2S/c1-20-19(26)15-9-14-16(28-15)18(25-5-7-27-8-6-25)23-17(22-14)11-3-2-4-13-12(11)10-21-24-13/h2-4,9-10H,5-8H2,1H3,(H,20,26)(H,21,24). The number of carbonyl (C=O) groups is 1. The molecule has 8 nitrogen and oxygen atoms in total. The number of anilines is 1. The van der Waals surface area contributed by atoms with Gasteiger partial charge in [0.15, 0.2) is 11.6 Å². The van der Waals surface area contributed by atoms with E-state index in [0.29, 0.717) is 23.9 Å². The van der Waals surface area contributed by atoms with Gasteiger partial charge in [0.2, 0.25) is 0 Å². The van der Waals surface area contributed by atoms with Gasteiger partial charge in [-0.3, -0.25) is 9.89 Å². The van der Waals surface area contributed by atoms with Crippen molar-refractivity contribution in [3.05, 3.63) is 35.3 Å². The van der Waals surface area contributed by atoms with Crippen LogP contribution in [0.25, 0.3) is 32.5 Å². The molecular weight excluding hydrogens is 376 g/mol. The predicted octanol–water partition coefficient (Wildman–Crippen LogP) is 2.43. The van der Waals surface area contributed by atoms with Crippen molar-refractivity contribution in [3.8, 4) is 11.4 Å². The molecule has 1 fully saturated rings. The minimum absolute atomic E-state index is 0.116. The first-order valence-electron chi connectivity index (χ1n) is 9.03. The summed E-state index contributed by atoms with van der Waals surface area (Å²) in [6.07, 6.45) is 1.79. The number of nitrogens with zero attached hydrogens (tertiary/aromatic N) is 4. The first-order valence-corrected chi connectivity index (χ1v) is 9.85. The number of aromatic nitrogens is 4. The highest BCUT2D eigenvalue weighted by molar-refractivity contribution is 7.21. The Balaban J connectivity index is 1.73. The lowest BCUT2D eigenvalue weighted by atomic mass is 10.1. The third kappa shape index (κ3) is 2.79. The molecule has 2 N–H and O–H groups in total. The topological polar surface area (TPSA) is 96.0 Å². The SMILES string of the molecule is CNC(=O)c1cc2nc(-c3cccc4[nH]ncc34)nc(N3CCOCC3)c2s1. The maximum absolute atomic E-state index is 12.2. The first kappa shape index (κ1) is 17.1. The zero-order valence-corrected chi connectivity index (χ0v) is 16.0. The van der Waals surface area contributed by atoms with E-state index >= 15 is 0 Å². The van der Waals surface area contributed by atoms with Crippen molar-refractivity contribution in [1.82, 2.24) is 25.5 Å². The molecule has 1 aromatic carbocycles. The lowest BCUT2D eigenvalue weighted by molar-refractivity contribution is 0.0967. The molecule has 0 bridgehead atoms. The Labute approximate surface area is 164 Å². The highest BCUT2D eigenvalue weighted by Crippen LogP contribution is 2.35. The van der Waals surface area contributed by atoms with Crippen LogP contribution in [0.1, 0.15) is 9.67 Å². The van der Waals surface area contributed by atoms with Crippen molar-refractivity contribution < 1.29 is 9.53 Å². The molecule has 1 amide bonds. The summed E-state index contributed by atoms with van der Waals surface area (Å²) in [7, 11) is 1.63. The van der Waals surface area contributed by atoms with Gasteiger partial charge in [-0.05, 0) is 12.1 Å². The number of amides is 1. The molecule has 28 heavy (non-hydrogen) atoms. The summed E-state index contributed by atoms with van der Waals surface area (Å²) in [4.78, 5) is 24.7. The highest BCUT2D eigenvalue weighted by Gasteiger charge is 2.22. The summed E-state index contributed by atoms with van der Waals surface area (Å²) in [5, 5.41) is 10.8. The number of aromatic amines is 1. The molecule has 1 aliphatic heterocycles. The van der Waals surface area contributed by atoms with E-state index in [1.165, 1.54) is 11.3 Å². The van der Waals surface area contributed by atoms with Gasteiger partial charge in [0.05, 0.1) is 40.0 Å². The van der Waals surface area contributed by atoms with Gasteiger partial charge in [0.25, 0.3) is 5.91 Å². The van der Waals surface area contributed by atoms with Crippen LogP contribution >= 0.6 is 11.3 Å². The van der Waals surface area contributed by atoms with Crippen LogP contribution in [0.3, 0.4) is 0 Å². The first-order chi connectivity index (χ1) is 13.7. The zero-order valence-electron chi connectivity index (χ0n) is 15.2. The number of benzene rings is 1. The summed E-state index contributed by atoms with van der Waals surface area (Å²) in [5.41, 5.74) is 2.62. The number of morpholine rings is 1. The second-order valence-electron chi connectivity index (χ2n) is 6.51. The number of ether oxygens (including phenoxy) is 1. The minimum Gasteiger partial charge on any atom is -0.378 e. The number of hydrogen-bond acceptors (Lipinski definition) is 7. The average Bonchev–Trinajstić information content (AvgIpc) is 3.39. The second-order valence-corrected chi connectivity index (χ2v) is 7.56. The van der Waals surface area contributed by atoms with Crippen LogP contribution in [0.15, 0.2) is 30.5 Å². The van der Waals surface area contributed by atoms with E-state index in [0.717, 1.165) is 45.6 Å². The Hall–Kier alpha value is -3.04. The largest absolute Gasteiger partial charge is 0.378 e. The maximum Gasteiger partial charge on any atom is 0.261 e. The van der Waals surface area contributed by atoms with Gasteiger partial charge in [0.1, 0.15) is 0 Å². The van der Waals surface area contributed by atoms with Crippen LogP contribution in [0.4, 0.5) is 5.82 Å². The Morgan fingerprint density at radius 3 is 2.96 bits per heavy atom. The number of rotatable bonds is 3. The Bertz CT molecular complexity index is 1180. The van der Waals surface area contributed by atoms with Crippen molar-refractivity contribution in [2.45, 2.75) is 0 Å². The molecule has 9 heteroatoms. The number of fused-ring (bicyclic) bond motifs is 2.